The second-order valence-corrected chi connectivity index (χ2v) is 7.02. The van der Waals surface area contributed by atoms with Crippen LogP contribution >= 0.6 is 11.3 Å². The molecular formula is C21H16F2N4S. The van der Waals surface area contributed by atoms with Crippen LogP contribution in [0, 0.1) is 11.6 Å². The molecule has 3 aromatic rings. The van der Waals surface area contributed by atoms with Crippen LogP contribution in [0.5, 0.6) is 0 Å². The molecule has 0 spiro atoms. The Labute approximate surface area is 165 Å². The summed E-state index contributed by atoms with van der Waals surface area (Å²) in [5.41, 5.74) is 6.15. The number of allylic oxidation sites excluding steroid dienone is 2. The second kappa shape index (κ2) is 7.84. The molecule has 0 amide bonds. The number of hydrogen-bond acceptors (Lipinski definition) is 5. The monoisotopic (exact) mass is 394 g/mol. The number of halogens is 2. The zero-order chi connectivity index (χ0) is 19.5. The Hall–Kier alpha value is -3.15. The highest BCUT2D eigenvalue weighted by Gasteiger charge is 2.19. The van der Waals surface area contributed by atoms with Crippen LogP contribution < -0.4 is 0 Å². The van der Waals surface area contributed by atoms with Crippen molar-refractivity contribution in [1.82, 2.24) is 20.1 Å². The predicted octanol–water partition coefficient (Wildman–Crippen LogP) is 4.97. The highest BCUT2D eigenvalue weighted by atomic mass is 32.1. The summed E-state index contributed by atoms with van der Waals surface area (Å²) in [6.45, 7) is 2.41. The van der Waals surface area contributed by atoms with Gasteiger partial charge in [-0.1, -0.05) is 18.7 Å². The number of aromatic nitrogens is 3. The van der Waals surface area contributed by atoms with Crippen LogP contribution in [0.2, 0.25) is 0 Å². The van der Waals surface area contributed by atoms with Crippen molar-refractivity contribution in [2.45, 2.75) is 19.9 Å². The zero-order valence-electron chi connectivity index (χ0n) is 15.1. The van der Waals surface area contributed by atoms with Gasteiger partial charge in [0.25, 0.3) is 0 Å². The number of benzene rings is 1. The molecule has 1 aliphatic heterocycles. The Bertz CT molecular complexity index is 1100. The van der Waals surface area contributed by atoms with Crippen molar-refractivity contribution in [2.24, 2.45) is 0 Å². The fourth-order valence-electron chi connectivity index (χ4n) is 2.99. The summed E-state index contributed by atoms with van der Waals surface area (Å²) in [7, 11) is 0. The van der Waals surface area contributed by atoms with Crippen molar-refractivity contribution in [3.8, 4) is 10.7 Å². The minimum Gasteiger partial charge on any atom is -0.335 e. The average molecular weight is 394 g/mol. The van der Waals surface area contributed by atoms with Gasteiger partial charge in [-0.25, -0.2) is 13.8 Å². The molecular weight excluding hydrogens is 378 g/mol. The highest BCUT2D eigenvalue weighted by molar-refractivity contribution is 7.13. The molecule has 28 heavy (non-hydrogen) atoms. The maximum atomic E-state index is 14.3. The van der Waals surface area contributed by atoms with Crippen molar-refractivity contribution >= 4 is 17.0 Å². The van der Waals surface area contributed by atoms with Crippen LogP contribution in [0.1, 0.15) is 23.7 Å². The molecule has 2 aromatic heterocycles. The number of aryl methyl sites for hydroxylation is 1. The molecule has 0 saturated heterocycles. The van der Waals surface area contributed by atoms with Crippen LogP contribution in [-0.4, -0.2) is 20.1 Å². The van der Waals surface area contributed by atoms with Crippen LogP contribution in [0.25, 0.3) is 16.4 Å². The van der Waals surface area contributed by atoms with Gasteiger partial charge in [0.05, 0.1) is 17.9 Å². The lowest BCUT2D eigenvalue weighted by molar-refractivity contribution is 0.483. The number of hydrogen-bond donors (Lipinski definition) is 0. The van der Waals surface area contributed by atoms with Crippen LogP contribution in [0.15, 0.2) is 59.9 Å². The Morgan fingerprint density at radius 3 is 2.89 bits per heavy atom. The molecule has 1 aliphatic rings. The van der Waals surface area contributed by atoms with Gasteiger partial charge in [0.2, 0.25) is 0 Å². The standard InChI is InChI=1S/C21H16F2N4S/c1-2-14-12-17(21-24-9-11-28-21)25-26-18(14)13-27-10-4-3-8-19(27)15-6-5-7-16(22)20(15)23/h3-7,9-12H,2,13H2,1H3. The van der Waals surface area contributed by atoms with E-state index in [1.165, 1.54) is 17.4 Å². The first-order chi connectivity index (χ1) is 13.7. The average Bonchev–Trinajstić information content (AvgIpc) is 3.26. The summed E-state index contributed by atoms with van der Waals surface area (Å²) >= 11 is 1.51. The largest absolute Gasteiger partial charge is 0.335 e. The summed E-state index contributed by atoms with van der Waals surface area (Å²) < 4.78 is 28.0. The van der Waals surface area contributed by atoms with Crippen molar-refractivity contribution in [3.63, 3.8) is 0 Å². The third kappa shape index (κ3) is 3.50. The fourth-order valence-corrected chi connectivity index (χ4v) is 3.59. The van der Waals surface area contributed by atoms with E-state index in [9.17, 15) is 8.78 Å². The van der Waals surface area contributed by atoms with Crippen molar-refractivity contribution in [3.05, 3.63) is 88.4 Å². The molecule has 0 atom stereocenters. The molecule has 4 rings (SSSR count). The lowest BCUT2D eigenvalue weighted by Gasteiger charge is -2.24. The zero-order valence-corrected chi connectivity index (χ0v) is 15.9. The van der Waals surface area contributed by atoms with E-state index in [0.717, 1.165) is 34.4 Å². The molecule has 0 N–H and O–H groups in total. The molecule has 4 nitrogen and oxygen atoms in total. The molecule has 0 unspecified atom stereocenters. The Kier molecular flexibility index (Phi) is 5.10. The van der Waals surface area contributed by atoms with Crippen molar-refractivity contribution < 1.29 is 8.78 Å². The molecule has 7 heteroatoms. The SMILES string of the molecule is CCc1cc(-c2nccs2)nnc1CN1C=CC=C=C1c1cccc(F)c1F. The van der Waals surface area contributed by atoms with Gasteiger partial charge < -0.3 is 4.90 Å². The smallest absolute Gasteiger partial charge is 0.168 e. The first-order valence-electron chi connectivity index (χ1n) is 8.77. The van der Waals surface area contributed by atoms with Gasteiger partial charge in [0, 0.05) is 23.3 Å². The van der Waals surface area contributed by atoms with Gasteiger partial charge >= 0.3 is 0 Å². The summed E-state index contributed by atoms with van der Waals surface area (Å²) in [5, 5.41) is 11.4. The molecule has 0 fully saturated rings. The van der Waals surface area contributed by atoms with E-state index in [1.54, 1.807) is 35.5 Å². The second-order valence-electron chi connectivity index (χ2n) is 6.12. The minimum absolute atomic E-state index is 0.158. The predicted molar refractivity (Wildman–Crippen MR) is 105 cm³/mol. The number of nitrogens with zero attached hydrogens (tertiary/aromatic N) is 4. The highest BCUT2D eigenvalue weighted by Crippen LogP contribution is 2.28. The van der Waals surface area contributed by atoms with Crippen LogP contribution in [0.4, 0.5) is 8.78 Å². The van der Waals surface area contributed by atoms with Crippen LogP contribution in [-0.2, 0) is 13.0 Å². The first-order valence-corrected chi connectivity index (χ1v) is 9.65. The number of thiazole rings is 1. The van der Waals surface area contributed by atoms with E-state index in [-0.39, 0.29) is 5.56 Å². The third-order valence-electron chi connectivity index (χ3n) is 4.39. The maximum absolute atomic E-state index is 14.3. The summed E-state index contributed by atoms with van der Waals surface area (Å²) in [6.07, 6.45) is 7.77. The summed E-state index contributed by atoms with van der Waals surface area (Å²) in [4.78, 5) is 6.07. The minimum atomic E-state index is -0.889. The topological polar surface area (TPSA) is 41.9 Å². The Morgan fingerprint density at radius 1 is 1.21 bits per heavy atom. The quantitative estimate of drug-likeness (QED) is 0.573. The summed E-state index contributed by atoms with van der Waals surface area (Å²) in [5.74, 6) is -1.78. The fraction of sp³-hybridized carbons (Fsp3) is 0.143. The van der Waals surface area contributed by atoms with Crippen molar-refractivity contribution in [2.75, 3.05) is 0 Å². The molecule has 0 bridgehead atoms. The molecule has 140 valence electrons. The van der Waals surface area contributed by atoms with E-state index in [2.05, 4.69) is 20.9 Å². The Morgan fingerprint density at radius 2 is 2.11 bits per heavy atom. The Balaban J connectivity index is 1.67. The first kappa shape index (κ1) is 18.2. The van der Waals surface area contributed by atoms with E-state index >= 15 is 0 Å². The molecule has 0 radical (unpaired) electrons. The van der Waals surface area contributed by atoms with E-state index in [1.807, 2.05) is 18.4 Å². The van der Waals surface area contributed by atoms with Gasteiger partial charge in [0.15, 0.2) is 11.6 Å². The normalized spacial score (nSPS) is 13.1. The number of rotatable bonds is 5. The van der Waals surface area contributed by atoms with Crippen LogP contribution in [0.3, 0.4) is 0 Å². The van der Waals surface area contributed by atoms with E-state index in [0.29, 0.717) is 12.2 Å². The third-order valence-corrected chi connectivity index (χ3v) is 5.18. The lowest BCUT2D eigenvalue weighted by Crippen LogP contribution is -2.19. The van der Waals surface area contributed by atoms with Crippen molar-refractivity contribution in [1.29, 1.82) is 0 Å². The van der Waals surface area contributed by atoms with Gasteiger partial charge in [0.1, 0.15) is 10.7 Å². The van der Waals surface area contributed by atoms with Gasteiger partial charge in [-0.3, -0.25) is 0 Å². The molecule has 0 saturated carbocycles. The van der Waals surface area contributed by atoms with Gasteiger partial charge in [-0.2, -0.15) is 5.10 Å². The molecule has 3 heterocycles. The maximum Gasteiger partial charge on any atom is 0.168 e. The van der Waals surface area contributed by atoms with Gasteiger partial charge in [-0.15, -0.1) is 16.4 Å². The molecule has 0 aliphatic carbocycles. The van der Waals surface area contributed by atoms with Gasteiger partial charge in [-0.05, 0) is 42.3 Å². The van der Waals surface area contributed by atoms with E-state index in [4.69, 9.17) is 0 Å². The lowest BCUT2D eigenvalue weighted by atomic mass is 10.1. The van der Waals surface area contributed by atoms with E-state index < -0.39 is 11.6 Å². The molecule has 1 aromatic carbocycles. The summed E-state index contributed by atoms with van der Waals surface area (Å²) in [6, 6.07) is 6.11.